The van der Waals surface area contributed by atoms with Crippen molar-refractivity contribution in [3.05, 3.63) is 91.2 Å². The topological polar surface area (TPSA) is 86.0 Å². The first-order valence-corrected chi connectivity index (χ1v) is 10.3. The zero-order valence-corrected chi connectivity index (χ0v) is 18.4. The number of nitrogens with zero attached hydrogens (tertiary/aromatic N) is 3. The molecule has 0 aliphatic heterocycles. The van der Waals surface area contributed by atoms with Crippen molar-refractivity contribution in [3.63, 3.8) is 0 Å². The Morgan fingerprint density at radius 2 is 1.73 bits per heavy atom. The van der Waals surface area contributed by atoms with Gasteiger partial charge in [0.05, 0.1) is 17.8 Å². The largest absolute Gasteiger partial charge is 0.416 e. The first-order chi connectivity index (χ1) is 15.5. The van der Waals surface area contributed by atoms with Crippen LogP contribution >= 0.6 is 11.6 Å². The lowest BCUT2D eigenvalue weighted by Crippen LogP contribution is -2.46. The third-order valence-corrected chi connectivity index (χ3v) is 5.04. The lowest BCUT2D eigenvalue weighted by molar-refractivity contribution is -0.137. The van der Waals surface area contributed by atoms with Crippen molar-refractivity contribution in [1.29, 1.82) is 0 Å². The van der Waals surface area contributed by atoms with Crippen molar-refractivity contribution in [3.8, 4) is 5.69 Å². The number of hydrogen-bond donors (Lipinski definition) is 1. The molecule has 7 nitrogen and oxygen atoms in total. The predicted molar refractivity (Wildman–Crippen MR) is 117 cm³/mol. The van der Waals surface area contributed by atoms with Crippen LogP contribution in [0.5, 0.6) is 0 Å². The first-order valence-electron chi connectivity index (χ1n) is 9.92. The maximum absolute atomic E-state index is 13.1. The summed E-state index contributed by atoms with van der Waals surface area (Å²) in [4.78, 5) is 38.7. The molecule has 0 fully saturated rings. The second-order valence-electron chi connectivity index (χ2n) is 7.67. The minimum absolute atomic E-state index is 0.0428. The first kappa shape index (κ1) is 24.2. The minimum Gasteiger partial charge on any atom is -0.350 e. The molecule has 11 heteroatoms. The van der Waals surface area contributed by atoms with E-state index in [0.29, 0.717) is 10.6 Å². The van der Waals surface area contributed by atoms with Crippen molar-refractivity contribution in [2.24, 2.45) is 5.92 Å². The molecule has 1 aromatic heterocycles. The number of hydrogen-bond acceptors (Lipinski definition) is 4. The SMILES string of the molecule is CC(C)CNC(=O)c1nn(-c2ccc(C(F)(F)F)cc2)c(=O)n(Cc2ccccc2Cl)c1=O. The van der Waals surface area contributed by atoms with E-state index in [4.69, 9.17) is 11.6 Å². The van der Waals surface area contributed by atoms with Gasteiger partial charge in [-0.1, -0.05) is 43.6 Å². The number of carbonyl (C=O) groups excluding carboxylic acids is 1. The van der Waals surface area contributed by atoms with Gasteiger partial charge in [-0.25, -0.2) is 4.79 Å². The number of nitrogens with one attached hydrogen (secondary N) is 1. The highest BCUT2D eigenvalue weighted by Crippen LogP contribution is 2.29. The Morgan fingerprint density at radius 1 is 1.09 bits per heavy atom. The normalized spacial score (nSPS) is 11.6. The molecule has 0 aliphatic rings. The number of halogens is 4. The van der Waals surface area contributed by atoms with E-state index in [2.05, 4.69) is 10.4 Å². The zero-order valence-electron chi connectivity index (χ0n) is 17.7. The predicted octanol–water partition coefficient (Wildman–Crippen LogP) is 3.50. The second kappa shape index (κ2) is 9.62. The Morgan fingerprint density at radius 3 is 2.30 bits per heavy atom. The van der Waals surface area contributed by atoms with Crippen LogP contribution in [-0.4, -0.2) is 26.8 Å². The van der Waals surface area contributed by atoms with Crippen LogP contribution in [0.1, 0.15) is 35.5 Å². The van der Waals surface area contributed by atoms with Gasteiger partial charge in [0.1, 0.15) is 0 Å². The number of benzene rings is 2. The van der Waals surface area contributed by atoms with Crippen LogP contribution in [0.3, 0.4) is 0 Å². The van der Waals surface area contributed by atoms with E-state index < -0.39 is 34.6 Å². The highest BCUT2D eigenvalue weighted by molar-refractivity contribution is 6.31. The van der Waals surface area contributed by atoms with Crippen LogP contribution in [0, 0.1) is 5.92 Å². The molecule has 0 radical (unpaired) electrons. The number of carbonyl (C=O) groups is 1. The molecule has 3 aromatic rings. The summed E-state index contributed by atoms with van der Waals surface area (Å²) in [5.74, 6) is -0.720. The van der Waals surface area contributed by atoms with Crippen LogP contribution < -0.4 is 16.6 Å². The fraction of sp³-hybridized carbons (Fsp3) is 0.273. The molecule has 0 saturated carbocycles. The van der Waals surface area contributed by atoms with Gasteiger partial charge < -0.3 is 5.32 Å². The summed E-state index contributed by atoms with van der Waals surface area (Å²) in [6, 6.07) is 10.2. The molecule has 0 aliphatic carbocycles. The lowest BCUT2D eigenvalue weighted by atomic mass is 10.2. The Bertz CT molecular complexity index is 1280. The fourth-order valence-electron chi connectivity index (χ4n) is 2.93. The van der Waals surface area contributed by atoms with Crippen molar-refractivity contribution in [1.82, 2.24) is 19.7 Å². The van der Waals surface area contributed by atoms with Gasteiger partial charge in [-0.2, -0.15) is 23.0 Å². The third kappa shape index (κ3) is 5.51. The maximum Gasteiger partial charge on any atom is 0.416 e. The molecule has 174 valence electrons. The molecule has 0 bridgehead atoms. The van der Waals surface area contributed by atoms with E-state index in [1.54, 1.807) is 24.3 Å². The van der Waals surface area contributed by atoms with Crippen molar-refractivity contribution >= 4 is 17.5 Å². The standard InChI is InChI=1S/C22H20ClF3N4O3/c1-13(2)11-27-19(31)18-20(32)29(12-14-5-3-4-6-17(14)23)21(33)30(28-18)16-9-7-15(8-10-16)22(24,25)26/h3-10,13H,11-12H2,1-2H3,(H,27,31). The molecule has 0 unspecified atom stereocenters. The smallest absolute Gasteiger partial charge is 0.350 e. The van der Waals surface area contributed by atoms with Crippen molar-refractivity contribution in [2.75, 3.05) is 6.54 Å². The number of rotatable bonds is 6. The fourth-order valence-corrected chi connectivity index (χ4v) is 3.13. The summed E-state index contributed by atoms with van der Waals surface area (Å²) in [6.45, 7) is 3.70. The van der Waals surface area contributed by atoms with Gasteiger partial charge in [0.25, 0.3) is 11.5 Å². The number of alkyl halides is 3. The van der Waals surface area contributed by atoms with Crippen molar-refractivity contribution < 1.29 is 18.0 Å². The third-order valence-electron chi connectivity index (χ3n) is 4.67. The van der Waals surface area contributed by atoms with E-state index >= 15 is 0 Å². The molecule has 1 N–H and O–H groups in total. The van der Waals surface area contributed by atoms with Crippen LogP contribution in [-0.2, 0) is 12.7 Å². The Kier molecular flexibility index (Phi) is 7.06. The molecule has 3 rings (SSSR count). The summed E-state index contributed by atoms with van der Waals surface area (Å²) in [7, 11) is 0. The average Bonchev–Trinajstić information content (AvgIpc) is 2.76. The Balaban J connectivity index is 2.17. The minimum atomic E-state index is -4.57. The molecule has 2 aromatic carbocycles. The molecule has 0 atom stereocenters. The zero-order chi connectivity index (χ0) is 24.3. The summed E-state index contributed by atoms with van der Waals surface area (Å²) >= 11 is 6.16. The van der Waals surface area contributed by atoms with Crippen LogP contribution in [0.15, 0.2) is 58.1 Å². The van der Waals surface area contributed by atoms with E-state index in [-0.39, 0.29) is 24.7 Å². The van der Waals surface area contributed by atoms with Gasteiger partial charge in [-0.15, -0.1) is 0 Å². The molecule has 33 heavy (non-hydrogen) atoms. The van der Waals surface area contributed by atoms with E-state index in [1.807, 2.05) is 13.8 Å². The van der Waals surface area contributed by atoms with Gasteiger partial charge in [0.2, 0.25) is 5.69 Å². The van der Waals surface area contributed by atoms with E-state index in [1.165, 1.54) is 0 Å². The van der Waals surface area contributed by atoms with E-state index in [0.717, 1.165) is 33.5 Å². The molecular formula is C22H20ClF3N4O3. The van der Waals surface area contributed by atoms with Gasteiger partial charge in [0.15, 0.2) is 0 Å². The molecule has 0 saturated heterocycles. The van der Waals surface area contributed by atoms with Crippen molar-refractivity contribution in [2.45, 2.75) is 26.6 Å². The quantitative estimate of drug-likeness (QED) is 0.585. The molecule has 1 heterocycles. The summed E-state index contributed by atoms with van der Waals surface area (Å²) in [6.07, 6.45) is -4.57. The highest BCUT2D eigenvalue weighted by Gasteiger charge is 2.30. The maximum atomic E-state index is 13.1. The average molecular weight is 481 g/mol. The molecular weight excluding hydrogens is 461 g/mol. The highest BCUT2D eigenvalue weighted by atomic mass is 35.5. The Hall–Kier alpha value is -3.40. The second-order valence-corrected chi connectivity index (χ2v) is 8.08. The number of aromatic nitrogens is 3. The monoisotopic (exact) mass is 480 g/mol. The summed E-state index contributed by atoms with van der Waals surface area (Å²) < 4.78 is 40.3. The van der Waals surface area contributed by atoms with Crippen LogP contribution in [0.4, 0.5) is 13.2 Å². The summed E-state index contributed by atoms with van der Waals surface area (Å²) in [5.41, 5.74) is -2.96. The Labute approximate surface area is 191 Å². The van der Waals surface area contributed by atoms with Crippen LogP contribution in [0.2, 0.25) is 5.02 Å². The van der Waals surface area contributed by atoms with Gasteiger partial charge in [-0.05, 0) is 41.8 Å². The number of amides is 1. The molecule has 1 amide bonds. The van der Waals surface area contributed by atoms with Gasteiger partial charge in [-0.3, -0.25) is 14.2 Å². The molecule has 0 spiro atoms. The summed E-state index contributed by atoms with van der Waals surface area (Å²) in [5, 5.41) is 6.74. The lowest BCUT2D eigenvalue weighted by Gasteiger charge is -2.14. The van der Waals surface area contributed by atoms with Gasteiger partial charge in [0, 0.05) is 11.6 Å². The van der Waals surface area contributed by atoms with Crippen LogP contribution in [0.25, 0.3) is 5.69 Å². The van der Waals surface area contributed by atoms with E-state index in [9.17, 15) is 27.6 Å². The van der Waals surface area contributed by atoms with Gasteiger partial charge >= 0.3 is 11.9 Å².